The lowest BCUT2D eigenvalue weighted by molar-refractivity contribution is 0.00291. The molecule has 0 amide bonds. The Balaban J connectivity index is 1.38. The number of rotatable bonds is 5. The molecule has 3 aromatic carbocycles. The molecule has 7 rings (SSSR count). The Kier molecular flexibility index (Phi) is 9.28. The predicted molar refractivity (Wildman–Crippen MR) is 186 cm³/mol. The Bertz CT molecular complexity index is 1640. The van der Waals surface area contributed by atoms with E-state index in [1.54, 1.807) is 30.0 Å². The van der Waals surface area contributed by atoms with Crippen molar-refractivity contribution in [1.82, 2.24) is 0 Å². The van der Waals surface area contributed by atoms with Crippen molar-refractivity contribution in [2.45, 2.75) is 88.4 Å². The van der Waals surface area contributed by atoms with E-state index in [2.05, 4.69) is 6.92 Å². The summed E-state index contributed by atoms with van der Waals surface area (Å²) in [6.07, 6.45) is 5.80. The summed E-state index contributed by atoms with van der Waals surface area (Å²) in [4.78, 5) is 0. The number of methoxy groups -OCH3 is 2. The van der Waals surface area contributed by atoms with E-state index < -0.39 is 12.2 Å². The molecule has 0 spiro atoms. The van der Waals surface area contributed by atoms with Crippen molar-refractivity contribution in [3.63, 3.8) is 0 Å². The van der Waals surface area contributed by atoms with Crippen LogP contribution in [-0.4, -0.2) is 58.4 Å². The molecule has 2 bridgehead atoms. The van der Waals surface area contributed by atoms with Gasteiger partial charge < -0.3 is 39.4 Å². The van der Waals surface area contributed by atoms with E-state index in [9.17, 15) is 20.4 Å². The Morgan fingerprint density at radius 1 is 0.851 bits per heavy atom. The van der Waals surface area contributed by atoms with Gasteiger partial charge in [-0.05, 0) is 91.7 Å². The lowest BCUT2D eigenvalue weighted by Gasteiger charge is -2.41. The molecule has 0 unspecified atom stereocenters. The first kappa shape index (κ1) is 32.5. The van der Waals surface area contributed by atoms with Crippen LogP contribution >= 0.6 is 21.6 Å². The monoisotopic (exact) mass is 680 g/mol. The summed E-state index contributed by atoms with van der Waals surface area (Å²) in [6.45, 7) is 2.32. The highest BCUT2D eigenvalue weighted by atomic mass is 33.1. The van der Waals surface area contributed by atoms with Gasteiger partial charge in [-0.15, -0.1) is 0 Å². The fraction of sp³-hybridized carbons (Fsp3) is 0.514. The van der Waals surface area contributed by atoms with Crippen LogP contribution in [0.5, 0.6) is 40.2 Å². The van der Waals surface area contributed by atoms with Crippen molar-refractivity contribution in [3.05, 3.63) is 52.6 Å². The number of phenolic OH excluding ortho intramolecular Hbond substituents is 3. The molecule has 10 heteroatoms. The smallest absolute Gasteiger partial charge is 0.207 e. The van der Waals surface area contributed by atoms with Crippen molar-refractivity contribution in [2.75, 3.05) is 25.7 Å². The minimum atomic E-state index is -1.02. The molecule has 1 fully saturated rings. The van der Waals surface area contributed by atoms with E-state index in [1.165, 1.54) is 7.11 Å². The van der Waals surface area contributed by atoms with Gasteiger partial charge >= 0.3 is 0 Å². The molecule has 2 heterocycles. The second-order valence-corrected chi connectivity index (χ2v) is 16.1. The molecule has 0 saturated heterocycles. The maximum atomic E-state index is 12.3. The number of hydrogen-bond acceptors (Lipinski definition) is 10. The van der Waals surface area contributed by atoms with E-state index in [0.29, 0.717) is 28.7 Å². The minimum Gasteiger partial charge on any atom is -0.508 e. The standard InChI is InChI=1S/C37H44O8S2/c1-19-8-9-20-14-25-31(23-11-10-21(38)15-24(20)23)28(42-2)17-29-32(25)27(18-47-46-13-12-19)34(40)36(45-29)26-16-30(44-22-6-4-5-7-22)35(41)37(43-3)33(26)39/h10-11,15-17,19-20,22,27,34,36,38-41H,4-9,12-14,18H2,1-3H3/t19-,20-,27-,34+,36-/m0/s1. The molecule has 4 aliphatic rings. The number of hydrogen-bond donors (Lipinski definition) is 4. The van der Waals surface area contributed by atoms with Crippen molar-refractivity contribution < 1.29 is 39.4 Å². The van der Waals surface area contributed by atoms with Crippen LogP contribution in [0.1, 0.15) is 92.1 Å². The SMILES string of the molecule is COc1cc2c3c4c1-c1ccc(O)cc1[C@@H](CC[C@H](C)CCSSC[C@@H]3[C@@H](O)[C@H](c1cc(OC3CCCC3)c(O)c(OC)c1O)O2)C4. The highest BCUT2D eigenvalue weighted by molar-refractivity contribution is 8.76. The molecule has 8 nitrogen and oxygen atoms in total. The molecule has 2 aliphatic heterocycles. The van der Waals surface area contributed by atoms with E-state index in [0.717, 1.165) is 84.9 Å². The zero-order chi connectivity index (χ0) is 32.8. The van der Waals surface area contributed by atoms with Gasteiger partial charge in [0.15, 0.2) is 17.6 Å². The van der Waals surface area contributed by atoms with Crippen LogP contribution in [0.2, 0.25) is 0 Å². The predicted octanol–water partition coefficient (Wildman–Crippen LogP) is 8.23. The summed E-state index contributed by atoms with van der Waals surface area (Å²) >= 11 is 0. The number of aliphatic hydroxyl groups excluding tert-OH is 1. The Labute approximate surface area is 284 Å². The molecule has 4 N–H and O–H groups in total. The summed E-state index contributed by atoms with van der Waals surface area (Å²) in [5, 5.41) is 45.3. The average Bonchev–Trinajstić information content (AvgIpc) is 3.58. The van der Waals surface area contributed by atoms with E-state index in [4.69, 9.17) is 18.9 Å². The maximum Gasteiger partial charge on any atom is 0.207 e. The van der Waals surface area contributed by atoms with E-state index in [1.807, 2.05) is 29.0 Å². The third-order valence-corrected chi connectivity index (χ3v) is 13.0. The normalized spacial score (nSPS) is 25.8. The van der Waals surface area contributed by atoms with Gasteiger partial charge in [0, 0.05) is 40.2 Å². The molecule has 2 aliphatic carbocycles. The van der Waals surface area contributed by atoms with Crippen molar-refractivity contribution in [1.29, 1.82) is 0 Å². The second kappa shape index (κ2) is 13.4. The first-order valence-corrected chi connectivity index (χ1v) is 19.2. The Morgan fingerprint density at radius 3 is 2.43 bits per heavy atom. The third-order valence-electron chi connectivity index (χ3n) is 10.5. The number of aromatic hydroxyl groups is 3. The lowest BCUT2D eigenvalue weighted by Crippen LogP contribution is -2.37. The Hall–Kier alpha value is -3.08. The average molecular weight is 681 g/mol. The molecule has 47 heavy (non-hydrogen) atoms. The first-order valence-electron chi connectivity index (χ1n) is 16.7. The molecule has 0 radical (unpaired) electrons. The quantitative estimate of drug-likeness (QED) is 0.196. The number of aliphatic hydroxyl groups is 1. The van der Waals surface area contributed by atoms with Crippen LogP contribution in [-0.2, 0) is 6.42 Å². The fourth-order valence-electron chi connectivity index (χ4n) is 8.00. The minimum absolute atomic E-state index is 0.0408. The second-order valence-electron chi connectivity index (χ2n) is 13.4. The summed E-state index contributed by atoms with van der Waals surface area (Å²) in [5.41, 5.74) is 5.54. The van der Waals surface area contributed by atoms with Gasteiger partial charge in [0.1, 0.15) is 23.4 Å². The van der Waals surface area contributed by atoms with Crippen LogP contribution in [0.15, 0.2) is 30.3 Å². The number of benzene rings is 3. The summed E-state index contributed by atoms with van der Waals surface area (Å²) in [7, 11) is 6.64. The van der Waals surface area contributed by atoms with Crippen molar-refractivity contribution in [3.8, 4) is 51.4 Å². The molecule has 0 aromatic heterocycles. The molecule has 252 valence electrons. The Morgan fingerprint density at radius 2 is 1.66 bits per heavy atom. The number of fused-ring (bicyclic) bond motifs is 4. The third kappa shape index (κ3) is 5.95. The zero-order valence-corrected chi connectivity index (χ0v) is 28.8. The van der Waals surface area contributed by atoms with E-state index >= 15 is 0 Å². The van der Waals surface area contributed by atoms with Crippen LogP contribution in [0.4, 0.5) is 0 Å². The van der Waals surface area contributed by atoms with Crippen LogP contribution in [0.25, 0.3) is 11.1 Å². The van der Waals surface area contributed by atoms with Crippen LogP contribution in [0.3, 0.4) is 0 Å². The number of phenols is 3. The van der Waals surface area contributed by atoms with Gasteiger partial charge in [0.2, 0.25) is 11.5 Å². The molecule has 1 saturated carbocycles. The van der Waals surface area contributed by atoms with Gasteiger partial charge in [-0.3, -0.25) is 0 Å². The van der Waals surface area contributed by atoms with Crippen molar-refractivity contribution in [2.24, 2.45) is 5.92 Å². The highest BCUT2D eigenvalue weighted by Crippen LogP contribution is 2.58. The zero-order valence-electron chi connectivity index (χ0n) is 27.2. The van der Waals surface area contributed by atoms with Gasteiger partial charge in [-0.2, -0.15) is 0 Å². The van der Waals surface area contributed by atoms with Crippen molar-refractivity contribution >= 4 is 21.6 Å². The largest absolute Gasteiger partial charge is 0.508 e. The van der Waals surface area contributed by atoms with Gasteiger partial charge in [0.05, 0.1) is 20.3 Å². The van der Waals surface area contributed by atoms with Gasteiger partial charge in [-0.1, -0.05) is 41.0 Å². The van der Waals surface area contributed by atoms with Crippen LogP contribution < -0.4 is 18.9 Å². The molecular formula is C37H44O8S2. The van der Waals surface area contributed by atoms with Gasteiger partial charge in [0.25, 0.3) is 0 Å². The fourth-order valence-corrected chi connectivity index (χ4v) is 10.6. The highest BCUT2D eigenvalue weighted by Gasteiger charge is 2.44. The topological polar surface area (TPSA) is 118 Å². The maximum absolute atomic E-state index is 12.3. The number of ether oxygens (including phenoxy) is 4. The lowest BCUT2D eigenvalue weighted by atomic mass is 9.71. The summed E-state index contributed by atoms with van der Waals surface area (Å²) < 4.78 is 24.4. The van der Waals surface area contributed by atoms with Crippen LogP contribution in [0, 0.1) is 5.92 Å². The van der Waals surface area contributed by atoms with Gasteiger partial charge in [-0.25, -0.2) is 0 Å². The first-order chi connectivity index (χ1) is 22.8. The molecule has 5 atom stereocenters. The molecular weight excluding hydrogens is 637 g/mol. The molecule has 3 aromatic rings. The summed E-state index contributed by atoms with van der Waals surface area (Å²) in [6, 6.07) is 9.13. The van der Waals surface area contributed by atoms with E-state index in [-0.39, 0.29) is 46.7 Å². The summed E-state index contributed by atoms with van der Waals surface area (Å²) in [5.74, 6) is 3.20.